The van der Waals surface area contributed by atoms with Crippen molar-refractivity contribution in [2.24, 2.45) is 11.8 Å². The number of rotatable bonds is 5. The van der Waals surface area contributed by atoms with E-state index in [4.69, 9.17) is 4.74 Å². The minimum Gasteiger partial charge on any atom is -0.375 e. The van der Waals surface area contributed by atoms with Gasteiger partial charge in [-0.2, -0.15) is 0 Å². The van der Waals surface area contributed by atoms with Gasteiger partial charge >= 0.3 is 0 Å². The molecule has 0 aromatic heterocycles. The molecule has 23 heavy (non-hydrogen) atoms. The first kappa shape index (κ1) is 17.2. The second kappa shape index (κ2) is 8.48. The molecule has 132 valence electrons. The van der Waals surface area contributed by atoms with E-state index >= 15 is 0 Å². The zero-order valence-corrected chi connectivity index (χ0v) is 14.8. The normalized spacial score (nSPS) is 28.9. The fourth-order valence-corrected chi connectivity index (χ4v) is 4.47. The van der Waals surface area contributed by atoms with Gasteiger partial charge in [-0.3, -0.25) is 4.79 Å². The number of carbonyl (C=O) groups is 1. The molecule has 0 spiro atoms. The van der Waals surface area contributed by atoms with Crippen molar-refractivity contribution in [3.63, 3.8) is 0 Å². The molecular formula is C19H34N2O2. The van der Waals surface area contributed by atoms with Gasteiger partial charge in [-0.15, -0.1) is 0 Å². The highest BCUT2D eigenvalue weighted by Crippen LogP contribution is 2.27. The molecule has 2 heterocycles. The molecule has 2 unspecified atom stereocenters. The Hall–Kier alpha value is -0.610. The van der Waals surface area contributed by atoms with Crippen molar-refractivity contribution in [3.05, 3.63) is 0 Å². The van der Waals surface area contributed by atoms with Gasteiger partial charge in [-0.05, 0) is 63.5 Å². The van der Waals surface area contributed by atoms with Crippen LogP contribution in [0.3, 0.4) is 0 Å². The third kappa shape index (κ3) is 4.93. The number of carbonyl (C=O) groups excluding carboxylic acids is 1. The summed E-state index contributed by atoms with van der Waals surface area (Å²) in [7, 11) is 0. The van der Waals surface area contributed by atoms with Gasteiger partial charge in [0.05, 0.1) is 12.2 Å². The first-order valence-corrected chi connectivity index (χ1v) is 9.86. The van der Waals surface area contributed by atoms with Gasteiger partial charge in [-0.1, -0.05) is 19.8 Å². The molecule has 4 nitrogen and oxygen atoms in total. The van der Waals surface area contributed by atoms with Crippen LogP contribution in [0, 0.1) is 11.8 Å². The third-order valence-electron chi connectivity index (χ3n) is 6.12. The Morgan fingerprint density at radius 3 is 2.43 bits per heavy atom. The summed E-state index contributed by atoms with van der Waals surface area (Å²) >= 11 is 0. The molecule has 2 aliphatic heterocycles. The Morgan fingerprint density at radius 1 is 1.09 bits per heavy atom. The lowest BCUT2D eigenvalue weighted by Crippen LogP contribution is -2.43. The first-order chi connectivity index (χ1) is 11.2. The quantitative estimate of drug-likeness (QED) is 0.846. The molecule has 3 rings (SSSR count). The third-order valence-corrected chi connectivity index (χ3v) is 6.12. The number of ether oxygens (including phenoxy) is 1. The maximum Gasteiger partial charge on any atom is 0.222 e. The average Bonchev–Trinajstić information content (AvgIpc) is 3.09. The summed E-state index contributed by atoms with van der Waals surface area (Å²) < 4.78 is 6.21. The lowest BCUT2D eigenvalue weighted by atomic mass is 9.85. The summed E-state index contributed by atoms with van der Waals surface area (Å²) in [4.78, 5) is 14.7. The largest absolute Gasteiger partial charge is 0.375 e. The van der Waals surface area contributed by atoms with E-state index in [0.717, 1.165) is 45.4 Å². The van der Waals surface area contributed by atoms with Gasteiger partial charge in [0.15, 0.2) is 0 Å². The molecule has 3 aliphatic rings. The van der Waals surface area contributed by atoms with Crippen LogP contribution in [0.2, 0.25) is 0 Å². The molecule has 0 radical (unpaired) electrons. The van der Waals surface area contributed by atoms with Crippen LogP contribution in [0.5, 0.6) is 0 Å². The fourth-order valence-electron chi connectivity index (χ4n) is 4.47. The van der Waals surface area contributed by atoms with Gasteiger partial charge in [0.25, 0.3) is 0 Å². The highest BCUT2D eigenvalue weighted by atomic mass is 16.5. The van der Waals surface area contributed by atoms with E-state index in [9.17, 15) is 4.79 Å². The zero-order chi connectivity index (χ0) is 16.1. The summed E-state index contributed by atoms with van der Waals surface area (Å²) in [5.74, 6) is 1.54. The number of hydrogen-bond donors (Lipinski definition) is 1. The monoisotopic (exact) mass is 322 g/mol. The van der Waals surface area contributed by atoms with Crippen molar-refractivity contribution in [1.82, 2.24) is 10.2 Å². The Kier molecular flexibility index (Phi) is 6.35. The van der Waals surface area contributed by atoms with E-state index in [0.29, 0.717) is 30.0 Å². The minimum absolute atomic E-state index is 0.363. The van der Waals surface area contributed by atoms with Crippen LogP contribution in [0.15, 0.2) is 0 Å². The highest BCUT2D eigenvalue weighted by molar-refractivity contribution is 5.76. The lowest BCUT2D eigenvalue weighted by molar-refractivity contribution is -0.136. The van der Waals surface area contributed by atoms with Crippen molar-refractivity contribution in [3.8, 4) is 0 Å². The van der Waals surface area contributed by atoms with Crippen molar-refractivity contribution in [2.45, 2.75) is 76.9 Å². The van der Waals surface area contributed by atoms with Gasteiger partial charge in [-0.25, -0.2) is 0 Å². The molecular weight excluding hydrogens is 288 g/mol. The summed E-state index contributed by atoms with van der Waals surface area (Å²) in [6.45, 7) is 6.28. The smallest absolute Gasteiger partial charge is 0.222 e. The molecule has 0 aromatic carbocycles. The number of piperidine rings is 2. The second-order valence-corrected chi connectivity index (χ2v) is 7.91. The Morgan fingerprint density at radius 2 is 1.78 bits per heavy atom. The Labute approximate surface area is 141 Å². The van der Waals surface area contributed by atoms with Crippen LogP contribution >= 0.6 is 0 Å². The number of nitrogens with one attached hydrogen (secondary N) is 1. The maximum absolute atomic E-state index is 12.6. The zero-order valence-electron chi connectivity index (χ0n) is 14.8. The van der Waals surface area contributed by atoms with Crippen LogP contribution in [0.25, 0.3) is 0 Å². The lowest BCUT2D eigenvalue weighted by Gasteiger charge is -2.35. The number of hydrogen-bond acceptors (Lipinski definition) is 3. The van der Waals surface area contributed by atoms with Crippen molar-refractivity contribution in [1.29, 1.82) is 0 Å². The molecule has 1 N–H and O–H groups in total. The van der Waals surface area contributed by atoms with E-state index in [1.165, 1.54) is 38.5 Å². The molecule has 0 bridgehead atoms. The molecule has 1 saturated carbocycles. The van der Waals surface area contributed by atoms with Gasteiger partial charge in [0.2, 0.25) is 5.91 Å². The van der Waals surface area contributed by atoms with E-state index in [1.54, 1.807) is 0 Å². The van der Waals surface area contributed by atoms with Gasteiger partial charge < -0.3 is 15.0 Å². The predicted molar refractivity (Wildman–Crippen MR) is 92.3 cm³/mol. The summed E-state index contributed by atoms with van der Waals surface area (Å²) in [5, 5.41) is 3.47. The maximum atomic E-state index is 12.6. The van der Waals surface area contributed by atoms with Crippen LogP contribution in [0.4, 0.5) is 0 Å². The molecule has 0 aromatic rings. The van der Waals surface area contributed by atoms with Crippen molar-refractivity contribution < 1.29 is 9.53 Å². The Bertz CT molecular complexity index is 368. The SMILES string of the molecule is CC(CC(=O)N1CCC(OC2CCCC2)CC1)C1CCCNC1. The van der Waals surface area contributed by atoms with Gasteiger partial charge in [0, 0.05) is 19.5 Å². The molecule has 4 heteroatoms. The second-order valence-electron chi connectivity index (χ2n) is 7.91. The standard InChI is InChI=1S/C19H34N2O2/c1-15(16-5-4-10-20-14-16)13-19(22)21-11-8-18(9-12-21)23-17-6-2-3-7-17/h15-18,20H,2-14H2,1H3. The number of nitrogens with zero attached hydrogens (tertiary/aromatic N) is 1. The average molecular weight is 322 g/mol. The molecule has 2 saturated heterocycles. The number of amides is 1. The summed E-state index contributed by atoms with van der Waals surface area (Å²) in [5.41, 5.74) is 0. The summed E-state index contributed by atoms with van der Waals surface area (Å²) in [6, 6.07) is 0. The van der Waals surface area contributed by atoms with Crippen molar-refractivity contribution >= 4 is 5.91 Å². The fraction of sp³-hybridized carbons (Fsp3) is 0.947. The van der Waals surface area contributed by atoms with Crippen molar-refractivity contribution in [2.75, 3.05) is 26.2 Å². The van der Waals surface area contributed by atoms with E-state index in [-0.39, 0.29) is 0 Å². The van der Waals surface area contributed by atoms with Crippen LogP contribution in [0.1, 0.15) is 64.7 Å². The van der Waals surface area contributed by atoms with Crippen LogP contribution in [-0.4, -0.2) is 49.2 Å². The Balaban J connectivity index is 1.37. The van der Waals surface area contributed by atoms with E-state index in [1.807, 2.05) is 0 Å². The highest BCUT2D eigenvalue weighted by Gasteiger charge is 2.28. The van der Waals surface area contributed by atoms with Crippen LogP contribution < -0.4 is 5.32 Å². The molecule has 1 aliphatic carbocycles. The molecule has 1 amide bonds. The van der Waals surface area contributed by atoms with E-state index < -0.39 is 0 Å². The minimum atomic E-state index is 0.363. The first-order valence-electron chi connectivity index (χ1n) is 9.86. The van der Waals surface area contributed by atoms with Gasteiger partial charge in [0.1, 0.15) is 0 Å². The van der Waals surface area contributed by atoms with E-state index in [2.05, 4.69) is 17.1 Å². The topological polar surface area (TPSA) is 41.6 Å². The molecule has 3 fully saturated rings. The predicted octanol–water partition coefficient (Wildman–Crippen LogP) is 2.96. The van der Waals surface area contributed by atoms with Crippen LogP contribution in [-0.2, 0) is 9.53 Å². The molecule has 2 atom stereocenters. The summed E-state index contributed by atoms with van der Waals surface area (Å²) in [6.07, 6.45) is 11.3. The number of likely N-dealkylation sites (tertiary alicyclic amines) is 1.